The van der Waals surface area contributed by atoms with Crippen LogP contribution >= 0.6 is 11.8 Å². The van der Waals surface area contributed by atoms with Gasteiger partial charge in [0.15, 0.2) is 5.78 Å². The molecule has 5 N–H and O–H groups in total. The van der Waals surface area contributed by atoms with Gasteiger partial charge in [0.05, 0.1) is 53.4 Å². The van der Waals surface area contributed by atoms with Gasteiger partial charge in [-0.05, 0) is 96.1 Å². The number of nitrogens with zero attached hydrogens (tertiary/aromatic N) is 3. The van der Waals surface area contributed by atoms with Gasteiger partial charge in [-0.25, -0.2) is 9.59 Å². The van der Waals surface area contributed by atoms with E-state index in [0.29, 0.717) is 68.1 Å². The molecule has 17 nitrogen and oxygen atoms in total. The molecule has 426 valence electrons. The molecule has 6 aliphatic heterocycles. The number of ether oxygens (including phenoxy) is 5. The van der Waals surface area contributed by atoms with Gasteiger partial charge in [-0.2, -0.15) is 11.8 Å². The molecular formula is C61H81N7O10S. The zero-order chi connectivity index (χ0) is 55.4. The molecule has 5 saturated heterocycles. The maximum Gasteiger partial charge on any atom is 0.407 e. The molecule has 18 heteroatoms. The molecule has 0 unspecified atom stereocenters. The lowest BCUT2D eigenvalue weighted by Gasteiger charge is -2.56. The van der Waals surface area contributed by atoms with Gasteiger partial charge in [0.25, 0.3) is 0 Å². The first kappa shape index (κ1) is 58.0. The number of carbonyl (C=O) groups is 4. The molecule has 0 spiro atoms. The highest BCUT2D eigenvalue weighted by Gasteiger charge is 2.59. The van der Waals surface area contributed by atoms with Crippen LogP contribution in [-0.2, 0) is 54.5 Å². The molecule has 0 bridgehead atoms. The first-order chi connectivity index (χ1) is 38.1. The number of unbranched alkanes of at least 4 members (excludes halogenated alkanes) is 3. The smallest absolute Gasteiger partial charge is 0.407 e. The zero-order valence-corrected chi connectivity index (χ0v) is 47.0. The van der Waals surface area contributed by atoms with Crippen molar-refractivity contribution >= 4 is 35.6 Å². The molecule has 5 fully saturated rings. The molecule has 0 radical (unpaired) electrons. The molecule has 12 atom stereocenters. The monoisotopic (exact) mass is 1100 g/mol. The summed E-state index contributed by atoms with van der Waals surface area (Å²) >= 11 is 1.90. The number of amides is 4. The quantitative estimate of drug-likeness (QED) is 0.0188. The van der Waals surface area contributed by atoms with E-state index in [2.05, 4.69) is 52.0 Å². The minimum atomic E-state index is -1.20. The van der Waals surface area contributed by atoms with Crippen molar-refractivity contribution in [3.63, 3.8) is 0 Å². The van der Waals surface area contributed by atoms with Crippen LogP contribution in [0.25, 0.3) is 0 Å². The molecule has 1 aromatic heterocycles. The molecule has 7 heterocycles. The third kappa shape index (κ3) is 15.4. The van der Waals surface area contributed by atoms with Crippen LogP contribution in [-0.4, -0.2) is 134 Å². The van der Waals surface area contributed by atoms with Crippen molar-refractivity contribution in [2.24, 2.45) is 0 Å². The van der Waals surface area contributed by atoms with Crippen molar-refractivity contribution in [1.29, 1.82) is 0 Å². The third-order valence-electron chi connectivity index (χ3n) is 16.4. The summed E-state index contributed by atoms with van der Waals surface area (Å²) in [6.07, 6.45) is 25.3. The van der Waals surface area contributed by atoms with E-state index in [1.165, 1.54) is 0 Å². The lowest BCUT2D eigenvalue weighted by Crippen LogP contribution is -2.66. The van der Waals surface area contributed by atoms with Crippen LogP contribution in [0.15, 0.2) is 104 Å². The number of rotatable bonds is 24. The minimum Gasteiger partial charge on any atom is -0.445 e. The fourth-order valence-corrected chi connectivity index (χ4v) is 13.5. The van der Waals surface area contributed by atoms with Crippen molar-refractivity contribution in [2.45, 2.75) is 201 Å². The number of allylic oxidation sites excluding steroid dienone is 4. The van der Waals surface area contributed by atoms with Crippen molar-refractivity contribution in [3.8, 4) is 0 Å². The summed E-state index contributed by atoms with van der Waals surface area (Å²) in [5.41, 5.74) is 1.46. The molecule has 9 rings (SSSR count). The van der Waals surface area contributed by atoms with Gasteiger partial charge in [0.2, 0.25) is 5.91 Å². The van der Waals surface area contributed by atoms with E-state index in [0.717, 1.165) is 86.8 Å². The Balaban J connectivity index is 0.645. The summed E-state index contributed by atoms with van der Waals surface area (Å²) in [5, 5.41) is 32.5. The topological polar surface area (TPSA) is 213 Å². The Bertz CT molecular complexity index is 2660. The number of carbonyl (C=O) groups excluding carboxylic acids is 4. The van der Waals surface area contributed by atoms with Gasteiger partial charge in [-0.15, -0.1) is 11.7 Å². The summed E-state index contributed by atoms with van der Waals surface area (Å²) in [4.78, 5) is 49.6. The second-order valence-electron chi connectivity index (χ2n) is 22.9. The largest absolute Gasteiger partial charge is 0.445 e. The Labute approximate surface area is 469 Å². The molecule has 79 heavy (non-hydrogen) atoms. The predicted octanol–water partition coefficient (Wildman–Crippen LogP) is 8.33. The number of benzene rings is 2. The van der Waals surface area contributed by atoms with Crippen molar-refractivity contribution in [2.75, 3.05) is 18.8 Å². The number of hydrogen-bond donors (Lipinski definition) is 5. The summed E-state index contributed by atoms with van der Waals surface area (Å²) < 4.78 is 34.7. The number of alkyl carbamates (subject to hydrolysis) is 1. The molecule has 0 aliphatic carbocycles. The fraction of sp³-hybridized carbons (Fsp3) is 0.574. The van der Waals surface area contributed by atoms with E-state index >= 15 is 0 Å². The Morgan fingerprint density at radius 2 is 1.67 bits per heavy atom. The lowest BCUT2D eigenvalue weighted by molar-refractivity contribution is -0.314. The highest BCUT2D eigenvalue weighted by atomic mass is 32.2. The summed E-state index contributed by atoms with van der Waals surface area (Å²) in [7, 11) is 0. The van der Waals surface area contributed by atoms with Gasteiger partial charge in [0, 0.05) is 73.6 Å². The van der Waals surface area contributed by atoms with Crippen molar-refractivity contribution in [1.82, 2.24) is 36.3 Å². The van der Waals surface area contributed by atoms with E-state index in [4.69, 9.17) is 23.7 Å². The van der Waals surface area contributed by atoms with Gasteiger partial charge in [-0.3, -0.25) is 14.3 Å². The van der Waals surface area contributed by atoms with E-state index in [-0.39, 0.29) is 66.9 Å². The minimum absolute atomic E-state index is 0.0622. The molecule has 6 aliphatic rings. The van der Waals surface area contributed by atoms with Crippen LogP contribution in [0.1, 0.15) is 137 Å². The van der Waals surface area contributed by atoms with Crippen molar-refractivity contribution < 1.29 is 48.0 Å². The van der Waals surface area contributed by atoms with Gasteiger partial charge >= 0.3 is 12.1 Å². The Hall–Kier alpha value is -5.63. The van der Waals surface area contributed by atoms with E-state index in [9.17, 15) is 24.3 Å². The zero-order valence-electron chi connectivity index (χ0n) is 46.2. The number of hydrogen-bond acceptors (Lipinski definition) is 13. The number of ketones is 1. The molecule has 0 saturated carbocycles. The normalized spacial score (nSPS) is 31.0. The highest BCUT2D eigenvalue weighted by Crippen LogP contribution is 2.49. The van der Waals surface area contributed by atoms with Crippen LogP contribution in [0.3, 0.4) is 0 Å². The summed E-state index contributed by atoms with van der Waals surface area (Å²) in [6, 6.07) is 15.1. The van der Waals surface area contributed by atoms with E-state index in [1.807, 2.05) is 83.4 Å². The highest BCUT2D eigenvalue weighted by molar-refractivity contribution is 8.00. The SMILES string of the molecule is C=CC/C=C\C=C/[C@H]1O[C@H]2C[C@H]3O[C@H]4CCC[C@H](Cc5cn(CCc6ccc(C(=O)c7ccc(COC(=O)NCCCCCNC(=O)CCCC[C@@H]8SC[C@@H]9NC(=O)N[C@@H]98)cc7)cc6)nn5)O[C@]4(C)C[C@]3(C)O[C@@H]2C=C[C@]1(C)O. The van der Waals surface area contributed by atoms with E-state index < -0.39 is 29.0 Å². The van der Waals surface area contributed by atoms with Gasteiger partial charge in [0.1, 0.15) is 24.4 Å². The summed E-state index contributed by atoms with van der Waals surface area (Å²) in [5.74, 6) is 0.915. The predicted molar refractivity (Wildman–Crippen MR) is 303 cm³/mol. The van der Waals surface area contributed by atoms with Crippen LogP contribution in [0.5, 0.6) is 0 Å². The molecule has 4 amide bonds. The number of aliphatic hydroxyl groups is 1. The van der Waals surface area contributed by atoms with Crippen LogP contribution < -0.4 is 21.3 Å². The van der Waals surface area contributed by atoms with E-state index in [1.54, 1.807) is 37.3 Å². The van der Waals surface area contributed by atoms with Crippen LogP contribution in [0, 0.1) is 0 Å². The average Bonchev–Trinajstić information content (AvgIpc) is 4.33. The fourth-order valence-electron chi connectivity index (χ4n) is 12.0. The number of fused-ring (bicyclic) bond motifs is 4. The number of thioether (sulfide) groups is 1. The number of aromatic nitrogens is 3. The first-order valence-electron chi connectivity index (χ1n) is 28.7. The van der Waals surface area contributed by atoms with Gasteiger partial charge < -0.3 is 50.1 Å². The second-order valence-corrected chi connectivity index (χ2v) is 24.1. The summed E-state index contributed by atoms with van der Waals surface area (Å²) in [6.45, 7) is 11.6. The van der Waals surface area contributed by atoms with Crippen LogP contribution in [0.2, 0.25) is 0 Å². The Morgan fingerprint density at radius 1 is 0.911 bits per heavy atom. The third-order valence-corrected chi connectivity index (χ3v) is 17.9. The number of urea groups is 1. The molecule has 2 aromatic carbocycles. The van der Waals surface area contributed by atoms with Crippen LogP contribution in [0.4, 0.5) is 9.59 Å². The average molecular weight is 1100 g/mol. The standard InChI is InChI=1S/C61H81N7O10S/c1-5-6-7-8-10-18-51-59(2,73)31-29-48-49(75-51)36-53-61(4,78-48)40-60(3)52(76-53)19-15-16-46(77-60)35-45-37-68(67-66-45)34-30-41-21-25-43(26-22-41)56(70)44-27-23-42(24-28-44)38-74-58(72)63-33-14-9-13-32-62-54(69)20-12-11-17-50-55-47(39-79-50)64-57(71)65-55/h5,7-8,10,18,21-29,31,37,46-53,55,73H,1,6,9,11-17,19-20,30,32-36,38-40H2,2-4H3,(H,62,69)(H,63,72)(H2,64,65,71)/b8-7-,18-10-/t46-,47+,48-,49+,50+,51-,52+,53-,55+,59+,60-,61+/m1/s1. The molecule has 3 aromatic rings. The lowest BCUT2D eigenvalue weighted by atomic mass is 9.74. The first-order valence-corrected chi connectivity index (χ1v) is 29.7. The number of nitrogens with one attached hydrogen (secondary N) is 4. The maximum atomic E-state index is 13.4. The molecular weight excluding hydrogens is 1020 g/mol. The Morgan fingerprint density at radius 3 is 2.46 bits per heavy atom. The second kappa shape index (κ2) is 26.8. The maximum absolute atomic E-state index is 13.4. The van der Waals surface area contributed by atoms with Crippen molar-refractivity contribution in [3.05, 3.63) is 132 Å². The number of aryl methyl sites for hydroxylation is 2. The van der Waals surface area contributed by atoms with Gasteiger partial charge in [-0.1, -0.05) is 103 Å². The Kier molecular flexibility index (Phi) is 19.7.